The first-order valence-electron chi connectivity index (χ1n) is 9.21. The highest BCUT2D eigenvalue weighted by Crippen LogP contribution is 2.45. The number of pyridine rings is 1. The highest BCUT2D eigenvalue weighted by molar-refractivity contribution is 14.0. The second-order valence-corrected chi connectivity index (χ2v) is 9.16. The maximum Gasteiger partial charge on any atom is 0.242 e. The molecule has 1 aliphatic rings. The van der Waals surface area contributed by atoms with E-state index >= 15 is 0 Å². The van der Waals surface area contributed by atoms with Gasteiger partial charge in [0, 0.05) is 39.1 Å². The van der Waals surface area contributed by atoms with Gasteiger partial charge in [-0.1, -0.05) is 20.3 Å². The van der Waals surface area contributed by atoms with Gasteiger partial charge in [-0.05, 0) is 42.7 Å². The predicted octanol–water partition coefficient (Wildman–Crippen LogP) is 2.36. The summed E-state index contributed by atoms with van der Waals surface area (Å²) in [6.45, 7) is 6.17. The van der Waals surface area contributed by atoms with E-state index in [-0.39, 0.29) is 35.4 Å². The molecule has 0 unspecified atom stereocenters. The van der Waals surface area contributed by atoms with Gasteiger partial charge in [-0.25, -0.2) is 13.1 Å². The number of hydrogen-bond acceptors (Lipinski definition) is 4. The van der Waals surface area contributed by atoms with Gasteiger partial charge in [-0.3, -0.25) is 9.98 Å². The quantitative estimate of drug-likeness (QED) is 0.206. The Hall–Kier alpha value is -0.940. The monoisotopic (exact) mass is 509 g/mol. The van der Waals surface area contributed by atoms with Gasteiger partial charge in [0.05, 0.1) is 0 Å². The van der Waals surface area contributed by atoms with E-state index in [0.29, 0.717) is 23.8 Å². The van der Waals surface area contributed by atoms with Crippen LogP contribution in [0.2, 0.25) is 0 Å². The minimum absolute atomic E-state index is 0. The maximum atomic E-state index is 12.1. The molecule has 9 heteroatoms. The molecule has 0 radical (unpaired) electrons. The van der Waals surface area contributed by atoms with Crippen molar-refractivity contribution in [2.75, 3.05) is 26.7 Å². The molecule has 1 aromatic rings. The minimum atomic E-state index is -3.52. The van der Waals surface area contributed by atoms with Gasteiger partial charge >= 0.3 is 0 Å². The minimum Gasteiger partial charge on any atom is -0.356 e. The van der Waals surface area contributed by atoms with Gasteiger partial charge in [-0.15, -0.1) is 24.0 Å². The Morgan fingerprint density at radius 3 is 2.56 bits per heavy atom. The van der Waals surface area contributed by atoms with Gasteiger partial charge < -0.3 is 10.6 Å². The van der Waals surface area contributed by atoms with E-state index in [1.807, 2.05) is 0 Å². The normalized spacial score (nSPS) is 16.4. The van der Waals surface area contributed by atoms with Crippen molar-refractivity contribution in [3.05, 3.63) is 24.5 Å². The van der Waals surface area contributed by atoms with Crippen molar-refractivity contribution in [3.63, 3.8) is 0 Å². The molecule has 0 bridgehead atoms. The largest absolute Gasteiger partial charge is 0.356 e. The lowest BCUT2D eigenvalue weighted by Crippen LogP contribution is -2.48. The summed E-state index contributed by atoms with van der Waals surface area (Å²) in [5.74, 6) is 1.40. The lowest BCUT2D eigenvalue weighted by molar-refractivity contribution is 0.104. The molecule has 1 saturated carbocycles. The summed E-state index contributed by atoms with van der Waals surface area (Å²) < 4.78 is 26.8. The van der Waals surface area contributed by atoms with Crippen molar-refractivity contribution in [1.82, 2.24) is 20.3 Å². The maximum absolute atomic E-state index is 12.1. The first kappa shape index (κ1) is 24.1. The van der Waals surface area contributed by atoms with Crippen molar-refractivity contribution in [2.24, 2.45) is 16.3 Å². The van der Waals surface area contributed by atoms with Crippen LogP contribution in [0.15, 0.2) is 34.4 Å². The molecule has 0 amide bonds. The van der Waals surface area contributed by atoms with E-state index in [4.69, 9.17) is 0 Å². The number of aliphatic imine (C=N–C) groups is 1. The summed E-state index contributed by atoms with van der Waals surface area (Å²) in [7, 11) is -1.79. The molecule has 154 valence electrons. The van der Waals surface area contributed by atoms with E-state index in [1.54, 1.807) is 19.3 Å². The van der Waals surface area contributed by atoms with E-state index < -0.39 is 10.0 Å². The van der Waals surface area contributed by atoms with E-state index in [9.17, 15) is 8.42 Å². The molecule has 1 heterocycles. The third-order valence-electron chi connectivity index (χ3n) is 4.76. The van der Waals surface area contributed by atoms with Crippen LogP contribution in [0.4, 0.5) is 0 Å². The number of nitrogens with zero attached hydrogens (tertiary/aromatic N) is 2. The van der Waals surface area contributed by atoms with E-state index in [1.165, 1.54) is 37.9 Å². The van der Waals surface area contributed by atoms with Crippen molar-refractivity contribution in [2.45, 2.75) is 44.4 Å². The number of aromatic nitrogens is 1. The number of guanidine groups is 1. The van der Waals surface area contributed by atoms with Gasteiger partial charge in [0.1, 0.15) is 4.90 Å². The third kappa shape index (κ3) is 7.53. The van der Waals surface area contributed by atoms with Gasteiger partial charge in [0.25, 0.3) is 0 Å². The molecule has 0 aliphatic heterocycles. The summed E-state index contributed by atoms with van der Waals surface area (Å²) in [5, 5.41) is 6.56. The highest BCUT2D eigenvalue weighted by Gasteiger charge is 2.37. The zero-order valence-electron chi connectivity index (χ0n) is 16.4. The lowest BCUT2D eigenvalue weighted by Gasteiger charge is -2.43. The van der Waals surface area contributed by atoms with Crippen molar-refractivity contribution in [3.8, 4) is 0 Å². The average Bonchev–Trinajstić information content (AvgIpc) is 2.59. The Kier molecular flexibility index (Phi) is 9.96. The average molecular weight is 509 g/mol. The van der Waals surface area contributed by atoms with Crippen molar-refractivity contribution in [1.29, 1.82) is 0 Å². The van der Waals surface area contributed by atoms with Crippen LogP contribution in [-0.2, 0) is 10.0 Å². The Morgan fingerprint density at radius 2 is 2.04 bits per heavy atom. The second kappa shape index (κ2) is 11.2. The number of sulfonamides is 1. The van der Waals surface area contributed by atoms with Gasteiger partial charge in [0.2, 0.25) is 10.0 Å². The van der Waals surface area contributed by atoms with Crippen molar-refractivity contribution < 1.29 is 8.42 Å². The Labute approximate surface area is 180 Å². The molecule has 0 aromatic carbocycles. The number of hydrogen-bond donors (Lipinski definition) is 3. The summed E-state index contributed by atoms with van der Waals surface area (Å²) in [6.07, 6.45) is 7.94. The molecule has 0 saturated heterocycles. The SMILES string of the molecule is CN=C(NCCNS(=O)(=O)c1cccnc1)NCC1(CC(C)C)CCC1.I. The first-order chi connectivity index (χ1) is 12.4. The van der Waals surface area contributed by atoms with Crippen molar-refractivity contribution >= 4 is 40.0 Å². The van der Waals surface area contributed by atoms with E-state index in [2.05, 4.69) is 39.2 Å². The number of halogens is 1. The van der Waals surface area contributed by atoms with Crippen LogP contribution in [-0.4, -0.2) is 46.0 Å². The summed E-state index contributed by atoms with van der Waals surface area (Å²) >= 11 is 0. The fraction of sp³-hybridized carbons (Fsp3) is 0.667. The van der Waals surface area contributed by atoms with E-state index in [0.717, 1.165) is 6.54 Å². The Bertz CT molecular complexity index is 691. The first-order valence-corrected chi connectivity index (χ1v) is 10.7. The molecule has 1 aromatic heterocycles. The number of nitrogens with one attached hydrogen (secondary N) is 3. The molecule has 1 aliphatic carbocycles. The fourth-order valence-corrected chi connectivity index (χ4v) is 4.44. The smallest absolute Gasteiger partial charge is 0.242 e. The zero-order chi connectivity index (χ0) is 19.0. The lowest BCUT2D eigenvalue weighted by atomic mass is 9.64. The third-order valence-corrected chi connectivity index (χ3v) is 6.21. The van der Waals surface area contributed by atoms with Gasteiger partial charge in [-0.2, -0.15) is 0 Å². The molecular weight excluding hydrogens is 477 g/mol. The molecule has 27 heavy (non-hydrogen) atoms. The zero-order valence-corrected chi connectivity index (χ0v) is 19.5. The summed E-state index contributed by atoms with van der Waals surface area (Å²) in [6, 6.07) is 3.13. The topological polar surface area (TPSA) is 95.5 Å². The van der Waals surface area contributed by atoms with Crippen LogP contribution in [0.3, 0.4) is 0 Å². The van der Waals surface area contributed by atoms with Crippen LogP contribution < -0.4 is 15.4 Å². The molecular formula is C18H32IN5O2S. The Balaban J connectivity index is 0.00000364. The van der Waals surface area contributed by atoms with Crippen LogP contribution in [0, 0.1) is 11.3 Å². The molecule has 3 N–H and O–H groups in total. The van der Waals surface area contributed by atoms with Crippen LogP contribution in [0.1, 0.15) is 39.5 Å². The summed E-state index contributed by atoms with van der Waals surface area (Å²) in [5.41, 5.74) is 0.383. The fourth-order valence-electron chi connectivity index (χ4n) is 3.44. The molecule has 0 atom stereocenters. The highest BCUT2D eigenvalue weighted by atomic mass is 127. The summed E-state index contributed by atoms with van der Waals surface area (Å²) in [4.78, 5) is 8.24. The molecule has 2 rings (SSSR count). The predicted molar refractivity (Wildman–Crippen MR) is 120 cm³/mol. The molecule has 1 fully saturated rings. The van der Waals surface area contributed by atoms with Crippen LogP contribution >= 0.6 is 24.0 Å². The standard InChI is InChI=1S/C18H31N5O2S.HI/c1-15(2)12-18(7-5-8-18)14-22-17(19-3)21-10-11-23-26(24,25)16-6-4-9-20-13-16;/h4,6,9,13,15,23H,5,7-8,10-12,14H2,1-3H3,(H2,19,21,22);1H. The molecule has 0 spiro atoms. The van der Waals surface area contributed by atoms with Crippen LogP contribution in [0.5, 0.6) is 0 Å². The Morgan fingerprint density at radius 1 is 1.30 bits per heavy atom. The van der Waals surface area contributed by atoms with Crippen LogP contribution in [0.25, 0.3) is 0 Å². The van der Waals surface area contributed by atoms with Gasteiger partial charge in [0.15, 0.2) is 5.96 Å². The second-order valence-electron chi connectivity index (χ2n) is 7.39. The molecule has 7 nitrogen and oxygen atoms in total. The number of rotatable bonds is 9.